The maximum atomic E-state index is 13.6. The van der Waals surface area contributed by atoms with E-state index in [1.54, 1.807) is 30.6 Å². The Kier molecular flexibility index (Phi) is 6.18. The van der Waals surface area contributed by atoms with Gasteiger partial charge in [-0.05, 0) is 48.0 Å². The SMILES string of the molecule is O=[N+]([O-])c1ccc(NCc2ccncc2)nc1Nc1ccc(N2CCNC(F)C2)cc1. The molecule has 0 spiro atoms. The summed E-state index contributed by atoms with van der Waals surface area (Å²) in [6.45, 7) is 2.09. The first-order chi connectivity index (χ1) is 15.1. The summed E-state index contributed by atoms with van der Waals surface area (Å²) >= 11 is 0. The fraction of sp³-hybridized carbons (Fsp3) is 0.238. The molecule has 0 saturated carbocycles. The number of pyridine rings is 2. The van der Waals surface area contributed by atoms with Gasteiger partial charge in [0.25, 0.3) is 0 Å². The van der Waals surface area contributed by atoms with Crippen molar-refractivity contribution in [2.75, 3.05) is 35.2 Å². The van der Waals surface area contributed by atoms with Gasteiger partial charge in [0.15, 0.2) is 6.30 Å². The first-order valence-corrected chi connectivity index (χ1v) is 9.86. The molecule has 3 N–H and O–H groups in total. The van der Waals surface area contributed by atoms with Crippen molar-refractivity contribution in [1.29, 1.82) is 0 Å². The van der Waals surface area contributed by atoms with Crippen molar-refractivity contribution in [3.8, 4) is 0 Å². The number of rotatable bonds is 7. The van der Waals surface area contributed by atoms with Crippen LogP contribution in [0.1, 0.15) is 5.56 Å². The van der Waals surface area contributed by atoms with Gasteiger partial charge in [-0.15, -0.1) is 0 Å². The quantitative estimate of drug-likeness (QED) is 0.301. The molecule has 4 rings (SSSR count). The summed E-state index contributed by atoms with van der Waals surface area (Å²) in [6.07, 6.45) is 2.34. The number of nitro groups is 1. The number of nitrogens with one attached hydrogen (secondary N) is 3. The zero-order chi connectivity index (χ0) is 21.6. The predicted molar refractivity (Wildman–Crippen MR) is 117 cm³/mol. The Morgan fingerprint density at radius 3 is 2.65 bits per heavy atom. The minimum Gasteiger partial charge on any atom is -0.366 e. The van der Waals surface area contributed by atoms with Crippen molar-refractivity contribution >= 4 is 28.7 Å². The van der Waals surface area contributed by atoms with Crippen molar-refractivity contribution in [2.24, 2.45) is 0 Å². The molecule has 3 heterocycles. The number of aromatic nitrogens is 2. The van der Waals surface area contributed by atoms with Crippen LogP contribution in [0, 0.1) is 10.1 Å². The van der Waals surface area contributed by atoms with Gasteiger partial charge in [0.1, 0.15) is 5.82 Å². The highest BCUT2D eigenvalue weighted by Crippen LogP contribution is 2.28. The van der Waals surface area contributed by atoms with Crippen LogP contribution in [0.25, 0.3) is 0 Å². The number of benzene rings is 1. The molecule has 1 aliphatic heterocycles. The van der Waals surface area contributed by atoms with Crippen LogP contribution >= 0.6 is 0 Å². The number of halogens is 1. The van der Waals surface area contributed by atoms with Crippen LogP contribution in [0.15, 0.2) is 60.9 Å². The van der Waals surface area contributed by atoms with Gasteiger partial charge in [0.05, 0.1) is 11.5 Å². The van der Waals surface area contributed by atoms with Crippen LogP contribution in [-0.2, 0) is 6.54 Å². The van der Waals surface area contributed by atoms with Gasteiger partial charge in [-0.25, -0.2) is 9.37 Å². The summed E-state index contributed by atoms with van der Waals surface area (Å²) in [5, 5.41) is 20.4. The third-order valence-electron chi connectivity index (χ3n) is 4.92. The zero-order valence-corrected chi connectivity index (χ0v) is 16.7. The van der Waals surface area contributed by atoms with Gasteiger partial charge >= 0.3 is 5.69 Å². The molecule has 0 bridgehead atoms. The monoisotopic (exact) mass is 423 g/mol. The van der Waals surface area contributed by atoms with Crippen molar-refractivity contribution in [2.45, 2.75) is 12.8 Å². The van der Waals surface area contributed by atoms with Crippen LogP contribution in [-0.4, -0.2) is 40.8 Å². The fourth-order valence-corrected chi connectivity index (χ4v) is 3.32. The molecule has 1 fully saturated rings. The lowest BCUT2D eigenvalue weighted by Gasteiger charge is -2.31. The summed E-state index contributed by atoms with van der Waals surface area (Å²) < 4.78 is 13.6. The molecule has 31 heavy (non-hydrogen) atoms. The van der Waals surface area contributed by atoms with E-state index in [2.05, 4.69) is 25.9 Å². The van der Waals surface area contributed by atoms with E-state index in [4.69, 9.17) is 0 Å². The molecule has 1 aliphatic rings. The molecular weight excluding hydrogens is 401 g/mol. The normalized spacial score (nSPS) is 16.0. The van der Waals surface area contributed by atoms with E-state index < -0.39 is 11.2 Å². The van der Waals surface area contributed by atoms with Crippen molar-refractivity contribution < 1.29 is 9.31 Å². The molecule has 3 aromatic rings. The minimum atomic E-state index is -1.05. The molecule has 1 unspecified atom stereocenters. The Labute approximate surface area is 178 Å². The summed E-state index contributed by atoms with van der Waals surface area (Å²) in [7, 11) is 0. The molecule has 0 radical (unpaired) electrons. The summed E-state index contributed by atoms with van der Waals surface area (Å²) in [5.41, 5.74) is 2.44. The van der Waals surface area contributed by atoms with Crippen LogP contribution < -0.4 is 20.9 Å². The zero-order valence-electron chi connectivity index (χ0n) is 16.7. The molecule has 0 amide bonds. The summed E-state index contributed by atoms with van der Waals surface area (Å²) in [5.74, 6) is 0.653. The number of hydrogen-bond donors (Lipinski definition) is 3. The average Bonchev–Trinajstić information content (AvgIpc) is 2.79. The smallest absolute Gasteiger partial charge is 0.311 e. The minimum absolute atomic E-state index is 0.124. The van der Waals surface area contributed by atoms with E-state index >= 15 is 0 Å². The number of nitrogens with zero attached hydrogens (tertiary/aromatic N) is 4. The van der Waals surface area contributed by atoms with Crippen LogP contribution in [0.3, 0.4) is 0 Å². The van der Waals surface area contributed by atoms with E-state index in [0.29, 0.717) is 31.1 Å². The molecule has 10 heteroatoms. The Bertz CT molecular complexity index is 1030. The van der Waals surface area contributed by atoms with Gasteiger partial charge in [-0.2, -0.15) is 0 Å². The standard InChI is InChI=1S/C21H22FN7O2/c22-19-14-28(12-11-24-19)17-3-1-16(2-4-17)26-21-18(29(30)31)5-6-20(27-21)25-13-15-7-9-23-10-8-15/h1-10,19,24H,11-14H2,(H2,25,26,27). The highest BCUT2D eigenvalue weighted by atomic mass is 19.1. The first kappa shape index (κ1) is 20.5. The number of alkyl halides is 1. The van der Waals surface area contributed by atoms with E-state index in [9.17, 15) is 14.5 Å². The fourth-order valence-electron chi connectivity index (χ4n) is 3.32. The van der Waals surface area contributed by atoms with E-state index in [1.807, 2.05) is 29.2 Å². The second-order valence-electron chi connectivity index (χ2n) is 7.07. The van der Waals surface area contributed by atoms with Gasteiger partial charge in [-0.1, -0.05) is 0 Å². The van der Waals surface area contributed by atoms with Crippen LogP contribution in [0.5, 0.6) is 0 Å². The topological polar surface area (TPSA) is 108 Å². The van der Waals surface area contributed by atoms with Crippen LogP contribution in [0.2, 0.25) is 0 Å². The lowest BCUT2D eigenvalue weighted by molar-refractivity contribution is -0.384. The second-order valence-corrected chi connectivity index (χ2v) is 7.07. The molecule has 0 aliphatic carbocycles. The third-order valence-corrected chi connectivity index (χ3v) is 4.92. The molecular formula is C21H22FN7O2. The number of hydrogen-bond acceptors (Lipinski definition) is 8. The predicted octanol–water partition coefficient (Wildman–Crippen LogP) is 3.45. The molecule has 2 aromatic heterocycles. The Morgan fingerprint density at radius 2 is 1.94 bits per heavy atom. The van der Waals surface area contributed by atoms with E-state index in [0.717, 1.165) is 11.3 Å². The summed E-state index contributed by atoms with van der Waals surface area (Å²) in [6, 6.07) is 14.1. The average molecular weight is 423 g/mol. The maximum absolute atomic E-state index is 13.6. The van der Waals surface area contributed by atoms with E-state index in [-0.39, 0.29) is 18.1 Å². The molecule has 9 nitrogen and oxygen atoms in total. The molecule has 160 valence electrons. The van der Waals surface area contributed by atoms with Gasteiger partial charge in [-0.3, -0.25) is 20.4 Å². The highest BCUT2D eigenvalue weighted by Gasteiger charge is 2.19. The Hall–Kier alpha value is -3.79. The van der Waals surface area contributed by atoms with Crippen molar-refractivity contribution in [3.05, 3.63) is 76.6 Å². The molecule has 1 atom stereocenters. The molecule has 1 aromatic carbocycles. The maximum Gasteiger partial charge on any atom is 0.311 e. The van der Waals surface area contributed by atoms with Crippen molar-refractivity contribution in [1.82, 2.24) is 15.3 Å². The summed E-state index contributed by atoms with van der Waals surface area (Å²) in [4.78, 5) is 21.3. The lowest BCUT2D eigenvalue weighted by Crippen LogP contribution is -2.48. The number of anilines is 4. The van der Waals surface area contributed by atoms with Gasteiger partial charge in [0, 0.05) is 49.5 Å². The van der Waals surface area contributed by atoms with Gasteiger partial charge < -0.3 is 15.5 Å². The highest BCUT2D eigenvalue weighted by molar-refractivity contribution is 5.69. The van der Waals surface area contributed by atoms with E-state index in [1.165, 1.54) is 6.07 Å². The first-order valence-electron chi connectivity index (χ1n) is 9.86. The molecule has 1 saturated heterocycles. The second kappa shape index (κ2) is 9.35. The third kappa shape index (κ3) is 5.23. The Balaban J connectivity index is 1.48. The lowest BCUT2D eigenvalue weighted by atomic mass is 10.2. The van der Waals surface area contributed by atoms with Crippen LogP contribution in [0.4, 0.5) is 33.1 Å². The van der Waals surface area contributed by atoms with Crippen molar-refractivity contribution in [3.63, 3.8) is 0 Å². The number of piperazine rings is 1. The van der Waals surface area contributed by atoms with Gasteiger partial charge in [0.2, 0.25) is 5.82 Å². The largest absolute Gasteiger partial charge is 0.366 e. The Morgan fingerprint density at radius 1 is 1.16 bits per heavy atom.